The fourth-order valence-electron chi connectivity index (χ4n) is 1.61. The second-order valence-corrected chi connectivity index (χ2v) is 5.36. The Bertz CT molecular complexity index is 524. The molecule has 0 amide bonds. The SMILES string of the molecule is CCc1ccc(C(O)c2cc(Cl)ccc2F)s1. The summed E-state index contributed by atoms with van der Waals surface area (Å²) in [5, 5.41) is 10.5. The molecule has 2 rings (SSSR count). The first-order valence-electron chi connectivity index (χ1n) is 5.33. The van der Waals surface area contributed by atoms with Crippen LogP contribution >= 0.6 is 22.9 Å². The third-order valence-corrected chi connectivity index (χ3v) is 4.07. The molecule has 4 heteroatoms. The van der Waals surface area contributed by atoms with Gasteiger partial charge in [-0.05, 0) is 36.8 Å². The van der Waals surface area contributed by atoms with Gasteiger partial charge in [0.15, 0.2) is 0 Å². The summed E-state index contributed by atoms with van der Waals surface area (Å²) in [5.41, 5.74) is 0.224. The zero-order valence-corrected chi connectivity index (χ0v) is 10.9. The van der Waals surface area contributed by atoms with Gasteiger partial charge in [0.05, 0.1) is 0 Å². The molecule has 0 bridgehead atoms. The molecule has 1 aromatic carbocycles. The molecule has 0 radical (unpaired) electrons. The van der Waals surface area contributed by atoms with Crippen molar-refractivity contribution in [2.24, 2.45) is 0 Å². The van der Waals surface area contributed by atoms with E-state index < -0.39 is 11.9 Å². The number of hydrogen-bond donors (Lipinski definition) is 1. The van der Waals surface area contributed by atoms with Crippen LogP contribution in [0.15, 0.2) is 30.3 Å². The lowest BCUT2D eigenvalue weighted by atomic mass is 10.1. The Hall–Kier alpha value is -0.900. The summed E-state index contributed by atoms with van der Waals surface area (Å²) < 4.78 is 13.6. The van der Waals surface area contributed by atoms with Gasteiger partial charge in [-0.15, -0.1) is 11.3 Å². The van der Waals surface area contributed by atoms with E-state index in [4.69, 9.17) is 11.6 Å². The topological polar surface area (TPSA) is 20.2 Å². The summed E-state index contributed by atoms with van der Waals surface area (Å²) in [6.45, 7) is 2.04. The van der Waals surface area contributed by atoms with Crippen molar-refractivity contribution in [2.75, 3.05) is 0 Å². The minimum Gasteiger partial charge on any atom is -0.383 e. The van der Waals surface area contributed by atoms with Crippen LogP contribution in [0.4, 0.5) is 4.39 Å². The molecule has 0 aliphatic carbocycles. The van der Waals surface area contributed by atoms with Crippen molar-refractivity contribution in [1.29, 1.82) is 0 Å². The van der Waals surface area contributed by atoms with E-state index in [-0.39, 0.29) is 5.56 Å². The van der Waals surface area contributed by atoms with E-state index >= 15 is 0 Å². The summed E-state index contributed by atoms with van der Waals surface area (Å²) in [4.78, 5) is 1.91. The molecule has 90 valence electrons. The summed E-state index contributed by atoms with van der Waals surface area (Å²) in [5.74, 6) is -0.437. The van der Waals surface area contributed by atoms with Gasteiger partial charge in [-0.1, -0.05) is 18.5 Å². The maximum Gasteiger partial charge on any atom is 0.129 e. The van der Waals surface area contributed by atoms with Crippen molar-refractivity contribution < 1.29 is 9.50 Å². The van der Waals surface area contributed by atoms with Crippen molar-refractivity contribution in [3.8, 4) is 0 Å². The Kier molecular flexibility index (Phi) is 3.82. The van der Waals surface area contributed by atoms with E-state index in [1.165, 1.54) is 34.4 Å². The van der Waals surface area contributed by atoms with E-state index in [0.717, 1.165) is 11.3 Å². The average Bonchev–Trinajstić information content (AvgIpc) is 2.80. The molecule has 2 aromatic rings. The Labute approximate surface area is 108 Å². The molecule has 0 saturated heterocycles. The molecule has 1 atom stereocenters. The highest BCUT2D eigenvalue weighted by Gasteiger charge is 2.17. The van der Waals surface area contributed by atoms with Gasteiger partial charge in [-0.3, -0.25) is 0 Å². The van der Waals surface area contributed by atoms with Crippen LogP contribution in [0, 0.1) is 5.82 Å². The van der Waals surface area contributed by atoms with Gasteiger partial charge < -0.3 is 5.11 Å². The average molecular weight is 271 g/mol. The van der Waals surface area contributed by atoms with Gasteiger partial charge in [0.25, 0.3) is 0 Å². The van der Waals surface area contributed by atoms with Crippen molar-refractivity contribution in [1.82, 2.24) is 0 Å². The number of hydrogen-bond acceptors (Lipinski definition) is 2. The van der Waals surface area contributed by atoms with Crippen LogP contribution in [0.1, 0.15) is 28.3 Å². The van der Waals surface area contributed by atoms with Crippen LogP contribution in [-0.2, 0) is 6.42 Å². The number of aliphatic hydroxyl groups is 1. The highest BCUT2D eigenvalue weighted by Crippen LogP contribution is 2.31. The number of thiophene rings is 1. The Balaban J connectivity index is 2.35. The number of aliphatic hydroxyl groups excluding tert-OH is 1. The summed E-state index contributed by atoms with van der Waals surface area (Å²) >= 11 is 7.30. The lowest BCUT2D eigenvalue weighted by Crippen LogP contribution is -2.00. The summed E-state index contributed by atoms with van der Waals surface area (Å²) in [6, 6.07) is 7.99. The number of halogens is 2. The van der Waals surface area contributed by atoms with Crippen LogP contribution in [0.25, 0.3) is 0 Å². The Morgan fingerprint density at radius 3 is 2.76 bits per heavy atom. The number of rotatable bonds is 3. The quantitative estimate of drug-likeness (QED) is 0.887. The fraction of sp³-hybridized carbons (Fsp3) is 0.231. The van der Waals surface area contributed by atoms with E-state index in [9.17, 15) is 9.50 Å². The molecule has 1 N–H and O–H groups in total. The maximum absolute atomic E-state index is 13.6. The van der Waals surface area contributed by atoms with Gasteiger partial charge in [0.1, 0.15) is 11.9 Å². The number of aryl methyl sites for hydroxylation is 1. The van der Waals surface area contributed by atoms with Gasteiger partial charge in [-0.2, -0.15) is 0 Å². The molecule has 0 fully saturated rings. The molecular formula is C13H12ClFOS. The van der Waals surface area contributed by atoms with Crippen LogP contribution in [0.3, 0.4) is 0 Å². The summed E-state index contributed by atoms with van der Waals surface area (Å²) in [7, 11) is 0. The highest BCUT2D eigenvalue weighted by molar-refractivity contribution is 7.12. The minimum atomic E-state index is -0.945. The van der Waals surface area contributed by atoms with Gasteiger partial charge in [0, 0.05) is 20.3 Å². The first kappa shape index (κ1) is 12.6. The van der Waals surface area contributed by atoms with Gasteiger partial charge in [-0.25, -0.2) is 4.39 Å². The molecule has 1 heterocycles. The van der Waals surface area contributed by atoms with Crippen molar-refractivity contribution >= 4 is 22.9 Å². The summed E-state index contributed by atoms with van der Waals surface area (Å²) in [6.07, 6.45) is -0.0333. The van der Waals surface area contributed by atoms with E-state index in [2.05, 4.69) is 0 Å². The van der Waals surface area contributed by atoms with Crippen LogP contribution in [0.5, 0.6) is 0 Å². The minimum absolute atomic E-state index is 0.224. The van der Waals surface area contributed by atoms with Crippen LogP contribution < -0.4 is 0 Å². The maximum atomic E-state index is 13.6. The normalized spacial score (nSPS) is 12.7. The van der Waals surface area contributed by atoms with Crippen molar-refractivity contribution in [3.05, 3.63) is 56.5 Å². The lowest BCUT2D eigenvalue weighted by molar-refractivity contribution is 0.219. The predicted octanol–water partition coefficient (Wildman–Crippen LogP) is 4.18. The highest BCUT2D eigenvalue weighted by atomic mass is 35.5. The largest absolute Gasteiger partial charge is 0.383 e. The monoisotopic (exact) mass is 270 g/mol. The van der Waals surface area contributed by atoms with E-state index in [0.29, 0.717) is 5.02 Å². The first-order chi connectivity index (χ1) is 8.11. The fourth-order valence-corrected chi connectivity index (χ4v) is 2.75. The van der Waals surface area contributed by atoms with Gasteiger partial charge >= 0.3 is 0 Å². The Morgan fingerprint density at radius 1 is 1.35 bits per heavy atom. The molecule has 1 nitrogen and oxygen atoms in total. The predicted molar refractivity (Wildman–Crippen MR) is 69.2 cm³/mol. The third-order valence-electron chi connectivity index (χ3n) is 2.55. The smallest absolute Gasteiger partial charge is 0.129 e. The molecule has 0 aliphatic rings. The number of benzene rings is 1. The first-order valence-corrected chi connectivity index (χ1v) is 6.53. The molecule has 0 spiro atoms. The molecule has 1 aromatic heterocycles. The second-order valence-electron chi connectivity index (χ2n) is 3.73. The van der Waals surface area contributed by atoms with Crippen molar-refractivity contribution in [3.63, 3.8) is 0 Å². The lowest BCUT2D eigenvalue weighted by Gasteiger charge is -2.10. The van der Waals surface area contributed by atoms with E-state index in [1.807, 2.05) is 19.1 Å². The third kappa shape index (κ3) is 2.68. The zero-order valence-electron chi connectivity index (χ0n) is 9.28. The zero-order chi connectivity index (χ0) is 12.4. The molecular weight excluding hydrogens is 259 g/mol. The van der Waals surface area contributed by atoms with Crippen LogP contribution in [-0.4, -0.2) is 5.11 Å². The standard InChI is InChI=1S/C13H12ClFOS/c1-2-9-4-6-12(17-9)13(16)10-7-8(14)3-5-11(10)15/h3-7,13,16H,2H2,1H3. The molecule has 0 aliphatic heterocycles. The van der Waals surface area contributed by atoms with Crippen molar-refractivity contribution in [2.45, 2.75) is 19.4 Å². The Morgan fingerprint density at radius 2 is 2.12 bits per heavy atom. The van der Waals surface area contributed by atoms with E-state index in [1.54, 1.807) is 0 Å². The molecule has 0 saturated carbocycles. The molecule has 17 heavy (non-hydrogen) atoms. The molecule has 1 unspecified atom stereocenters. The second kappa shape index (κ2) is 5.17. The van der Waals surface area contributed by atoms with Crippen LogP contribution in [0.2, 0.25) is 5.02 Å². The van der Waals surface area contributed by atoms with Gasteiger partial charge in [0.2, 0.25) is 0 Å².